The molecule has 0 aromatic heterocycles. The number of hydrogen-bond acceptors (Lipinski definition) is 2. The third kappa shape index (κ3) is 3.00. The Balaban J connectivity index is 2.20. The Morgan fingerprint density at radius 3 is 2.44 bits per heavy atom. The van der Waals surface area contributed by atoms with Crippen molar-refractivity contribution in [2.24, 2.45) is 0 Å². The highest BCUT2D eigenvalue weighted by atomic mass is 35.5. The molecule has 0 N–H and O–H groups in total. The van der Waals surface area contributed by atoms with E-state index in [1.165, 1.54) is 12.8 Å². The Hall–Kier alpha value is -0.280. The molecule has 0 radical (unpaired) electrons. The molecule has 100 valence electrons. The maximum atomic E-state index is 6.07. The fourth-order valence-corrected chi connectivity index (χ4v) is 2.55. The van der Waals surface area contributed by atoms with Crippen LogP contribution in [-0.4, -0.2) is 13.2 Å². The summed E-state index contributed by atoms with van der Waals surface area (Å²) in [4.78, 5) is 0. The summed E-state index contributed by atoms with van der Waals surface area (Å²) in [6, 6.07) is 5.58. The lowest BCUT2D eigenvalue weighted by molar-refractivity contribution is -0.171. The van der Waals surface area contributed by atoms with E-state index in [0.29, 0.717) is 23.3 Å². The van der Waals surface area contributed by atoms with Crippen LogP contribution in [0.4, 0.5) is 0 Å². The highest BCUT2D eigenvalue weighted by molar-refractivity contribution is 6.42. The van der Waals surface area contributed by atoms with Gasteiger partial charge in [-0.25, -0.2) is 0 Å². The first-order valence-electron chi connectivity index (χ1n) is 6.41. The van der Waals surface area contributed by atoms with E-state index in [1.54, 1.807) is 6.07 Å². The highest BCUT2D eigenvalue weighted by Crippen LogP contribution is 2.38. The van der Waals surface area contributed by atoms with E-state index in [0.717, 1.165) is 18.4 Å². The quantitative estimate of drug-likeness (QED) is 0.727. The van der Waals surface area contributed by atoms with Crippen LogP contribution in [0, 0.1) is 0 Å². The van der Waals surface area contributed by atoms with Gasteiger partial charge in [0.05, 0.1) is 23.3 Å². The van der Waals surface area contributed by atoms with E-state index in [4.69, 9.17) is 32.7 Å². The SMILES string of the molecule is CCCCCC1(c2ccc(Cl)c(Cl)c2)OCCO1. The predicted molar refractivity (Wildman–Crippen MR) is 74.2 cm³/mol. The molecule has 1 heterocycles. The van der Waals surface area contributed by atoms with Crippen LogP contribution in [0.5, 0.6) is 0 Å². The molecule has 1 aliphatic heterocycles. The molecule has 0 aliphatic carbocycles. The molecule has 2 nitrogen and oxygen atoms in total. The summed E-state index contributed by atoms with van der Waals surface area (Å²) in [7, 11) is 0. The minimum Gasteiger partial charge on any atom is -0.343 e. The molecule has 18 heavy (non-hydrogen) atoms. The zero-order valence-corrected chi connectivity index (χ0v) is 12.1. The van der Waals surface area contributed by atoms with E-state index < -0.39 is 5.79 Å². The van der Waals surface area contributed by atoms with Crippen LogP contribution in [0.2, 0.25) is 10.0 Å². The van der Waals surface area contributed by atoms with Crippen LogP contribution in [0.3, 0.4) is 0 Å². The van der Waals surface area contributed by atoms with Crippen molar-refractivity contribution in [3.05, 3.63) is 33.8 Å². The third-order valence-corrected chi connectivity index (χ3v) is 3.96. The van der Waals surface area contributed by atoms with E-state index in [2.05, 4.69) is 6.92 Å². The van der Waals surface area contributed by atoms with Crippen molar-refractivity contribution in [1.29, 1.82) is 0 Å². The summed E-state index contributed by atoms with van der Waals surface area (Å²) >= 11 is 12.0. The number of benzene rings is 1. The Morgan fingerprint density at radius 2 is 1.83 bits per heavy atom. The molecule has 4 heteroatoms. The van der Waals surface area contributed by atoms with Crippen LogP contribution in [0.15, 0.2) is 18.2 Å². The predicted octanol–water partition coefficient (Wildman–Crippen LogP) is 4.77. The van der Waals surface area contributed by atoms with Gasteiger partial charge >= 0.3 is 0 Å². The van der Waals surface area contributed by atoms with E-state index >= 15 is 0 Å². The van der Waals surface area contributed by atoms with Gasteiger partial charge in [-0.15, -0.1) is 0 Å². The molecular formula is C14H18Cl2O2. The lowest BCUT2D eigenvalue weighted by Crippen LogP contribution is -2.27. The second kappa shape index (κ2) is 6.25. The molecule has 2 rings (SSSR count). The zero-order chi connectivity index (χ0) is 13.0. The van der Waals surface area contributed by atoms with Crippen molar-refractivity contribution in [3.63, 3.8) is 0 Å². The number of halogens is 2. The summed E-state index contributed by atoms with van der Waals surface area (Å²) in [6.45, 7) is 3.45. The molecule has 0 spiro atoms. The van der Waals surface area contributed by atoms with Gasteiger partial charge in [0.2, 0.25) is 0 Å². The summed E-state index contributed by atoms with van der Waals surface area (Å²) in [5.74, 6) is -0.622. The molecule has 1 saturated heterocycles. The average molecular weight is 289 g/mol. The molecule has 1 aromatic carbocycles. The number of rotatable bonds is 5. The van der Waals surface area contributed by atoms with Gasteiger partial charge in [0, 0.05) is 12.0 Å². The first-order valence-corrected chi connectivity index (χ1v) is 7.17. The first kappa shape index (κ1) is 14.1. The van der Waals surface area contributed by atoms with Gasteiger partial charge in [-0.05, 0) is 18.6 Å². The molecule has 0 unspecified atom stereocenters. The third-order valence-electron chi connectivity index (χ3n) is 3.22. The molecule has 0 bridgehead atoms. The topological polar surface area (TPSA) is 18.5 Å². The van der Waals surface area contributed by atoms with Gasteiger partial charge in [-0.2, -0.15) is 0 Å². The minimum atomic E-state index is -0.622. The lowest BCUT2D eigenvalue weighted by atomic mass is 9.99. The average Bonchev–Trinajstić information content (AvgIpc) is 2.83. The smallest absolute Gasteiger partial charge is 0.195 e. The lowest BCUT2D eigenvalue weighted by Gasteiger charge is -2.28. The second-order valence-corrected chi connectivity index (χ2v) is 5.35. The van der Waals surface area contributed by atoms with Crippen molar-refractivity contribution < 1.29 is 9.47 Å². The van der Waals surface area contributed by atoms with Gasteiger partial charge in [0.15, 0.2) is 5.79 Å². The van der Waals surface area contributed by atoms with Gasteiger partial charge in [-0.1, -0.05) is 49.0 Å². The van der Waals surface area contributed by atoms with Crippen LogP contribution in [0.25, 0.3) is 0 Å². The zero-order valence-electron chi connectivity index (χ0n) is 10.5. The largest absolute Gasteiger partial charge is 0.343 e. The maximum absolute atomic E-state index is 6.07. The van der Waals surface area contributed by atoms with Crippen LogP contribution >= 0.6 is 23.2 Å². The molecule has 0 atom stereocenters. The Morgan fingerprint density at radius 1 is 1.11 bits per heavy atom. The van der Waals surface area contributed by atoms with Gasteiger partial charge in [-0.3, -0.25) is 0 Å². The van der Waals surface area contributed by atoms with Crippen molar-refractivity contribution in [1.82, 2.24) is 0 Å². The van der Waals surface area contributed by atoms with Crippen molar-refractivity contribution >= 4 is 23.2 Å². The maximum Gasteiger partial charge on any atom is 0.195 e. The van der Waals surface area contributed by atoms with Crippen molar-refractivity contribution in [3.8, 4) is 0 Å². The molecular weight excluding hydrogens is 271 g/mol. The molecule has 1 aliphatic rings. The van der Waals surface area contributed by atoms with Crippen LogP contribution in [-0.2, 0) is 15.3 Å². The van der Waals surface area contributed by atoms with Crippen molar-refractivity contribution in [2.75, 3.05) is 13.2 Å². The van der Waals surface area contributed by atoms with E-state index in [-0.39, 0.29) is 0 Å². The van der Waals surface area contributed by atoms with Gasteiger partial charge in [0.25, 0.3) is 0 Å². The minimum absolute atomic E-state index is 0.545. The number of ether oxygens (including phenoxy) is 2. The Kier molecular flexibility index (Phi) is 4.91. The Labute approximate surface area is 118 Å². The molecule has 0 amide bonds. The molecule has 1 aromatic rings. The fraction of sp³-hybridized carbons (Fsp3) is 0.571. The monoisotopic (exact) mass is 288 g/mol. The number of unbranched alkanes of at least 4 members (excludes halogenated alkanes) is 2. The summed E-state index contributed by atoms with van der Waals surface area (Å²) in [5, 5.41) is 1.10. The van der Waals surface area contributed by atoms with Crippen LogP contribution in [0.1, 0.15) is 38.2 Å². The Bertz CT molecular complexity index is 401. The van der Waals surface area contributed by atoms with E-state index in [9.17, 15) is 0 Å². The van der Waals surface area contributed by atoms with E-state index in [1.807, 2.05) is 12.1 Å². The molecule has 0 saturated carbocycles. The van der Waals surface area contributed by atoms with Crippen molar-refractivity contribution in [2.45, 2.75) is 38.4 Å². The second-order valence-electron chi connectivity index (χ2n) is 4.54. The number of hydrogen-bond donors (Lipinski definition) is 0. The highest BCUT2D eigenvalue weighted by Gasteiger charge is 2.38. The first-order chi connectivity index (χ1) is 8.68. The summed E-state index contributed by atoms with van der Waals surface area (Å²) in [5.41, 5.74) is 0.963. The summed E-state index contributed by atoms with van der Waals surface area (Å²) in [6.07, 6.45) is 4.29. The van der Waals surface area contributed by atoms with Gasteiger partial charge in [0.1, 0.15) is 0 Å². The molecule has 1 fully saturated rings. The summed E-state index contributed by atoms with van der Waals surface area (Å²) < 4.78 is 11.7. The normalized spacial score (nSPS) is 18.2. The standard InChI is InChI=1S/C14H18Cl2O2/c1-2-3-4-7-14(17-8-9-18-14)11-5-6-12(15)13(16)10-11/h5-6,10H,2-4,7-9H2,1H3. The van der Waals surface area contributed by atoms with Crippen LogP contribution < -0.4 is 0 Å². The van der Waals surface area contributed by atoms with Gasteiger partial charge < -0.3 is 9.47 Å². The fourth-order valence-electron chi connectivity index (χ4n) is 2.25.